The molecule has 1 saturated carbocycles. The molecule has 1 aromatic rings. The van der Waals surface area contributed by atoms with E-state index in [0.29, 0.717) is 18.1 Å². The van der Waals surface area contributed by atoms with Crippen LogP contribution in [0.4, 0.5) is 5.95 Å². The molecule has 1 amide bonds. The summed E-state index contributed by atoms with van der Waals surface area (Å²) in [6.45, 7) is 6.54. The second-order valence-corrected chi connectivity index (χ2v) is 8.20. The molecule has 7 heteroatoms. The Labute approximate surface area is 148 Å². The van der Waals surface area contributed by atoms with E-state index in [2.05, 4.69) is 28.7 Å². The van der Waals surface area contributed by atoms with Crippen LogP contribution in [-0.4, -0.2) is 51.9 Å². The van der Waals surface area contributed by atoms with Crippen LogP contribution in [-0.2, 0) is 11.3 Å². The lowest BCUT2D eigenvalue weighted by Gasteiger charge is -2.30. The number of rotatable bonds is 4. The first kappa shape index (κ1) is 17.9. The summed E-state index contributed by atoms with van der Waals surface area (Å²) in [6.07, 6.45) is 4.25. The normalized spacial score (nSPS) is 25.7. The van der Waals surface area contributed by atoms with Crippen LogP contribution in [0.5, 0.6) is 0 Å². The van der Waals surface area contributed by atoms with E-state index in [9.17, 15) is 9.59 Å². The summed E-state index contributed by atoms with van der Waals surface area (Å²) in [5.74, 6) is 0.616. The predicted octanol–water partition coefficient (Wildman–Crippen LogP) is 1.21. The molecule has 138 valence electrons. The van der Waals surface area contributed by atoms with Gasteiger partial charge in [0.15, 0.2) is 0 Å². The van der Waals surface area contributed by atoms with Crippen molar-refractivity contribution in [3.8, 4) is 0 Å². The minimum absolute atomic E-state index is 0.119. The average molecular weight is 347 g/mol. The third kappa shape index (κ3) is 3.86. The second-order valence-electron chi connectivity index (χ2n) is 8.20. The van der Waals surface area contributed by atoms with Crippen LogP contribution in [0.2, 0.25) is 0 Å². The molecule has 3 N–H and O–H groups in total. The number of H-pyrrole nitrogens is 1. The Balaban J connectivity index is 1.60. The van der Waals surface area contributed by atoms with Crippen molar-refractivity contribution in [2.24, 2.45) is 11.3 Å². The number of nitrogens with two attached hydrogens (primary N) is 1. The van der Waals surface area contributed by atoms with Gasteiger partial charge in [-0.3, -0.25) is 19.5 Å². The molecule has 2 aliphatic rings. The van der Waals surface area contributed by atoms with E-state index in [-0.39, 0.29) is 28.9 Å². The molecule has 0 spiro atoms. The second kappa shape index (κ2) is 6.78. The Morgan fingerprint density at radius 1 is 1.48 bits per heavy atom. The van der Waals surface area contributed by atoms with Crippen molar-refractivity contribution < 1.29 is 4.79 Å². The summed E-state index contributed by atoms with van der Waals surface area (Å²) in [7, 11) is 2.01. The first-order chi connectivity index (χ1) is 11.8. The maximum Gasteiger partial charge on any atom is 0.252 e. The van der Waals surface area contributed by atoms with Gasteiger partial charge in [0.25, 0.3) is 5.56 Å². The highest BCUT2D eigenvalue weighted by atomic mass is 16.2. The van der Waals surface area contributed by atoms with E-state index >= 15 is 0 Å². The van der Waals surface area contributed by atoms with Crippen LogP contribution in [0.15, 0.2) is 10.9 Å². The van der Waals surface area contributed by atoms with E-state index in [1.807, 2.05) is 11.9 Å². The number of hydrogen-bond donors (Lipinski definition) is 2. The van der Waals surface area contributed by atoms with Crippen molar-refractivity contribution in [1.29, 1.82) is 0 Å². The minimum atomic E-state index is -0.234. The summed E-state index contributed by atoms with van der Waals surface area (Å²) in [5, 5.41) is 0. The van der Waals surface area contributed by atoms with Gasteiger partial charge in [-0.25, -0.2) is 4.98 Å². The molecule has 1 aromatic heterocycles. The highest BCUT2D eigenvalue weighted by Crippen LogP contribution is 2.43. The average Bonchev–Trinajstić information content (AvgIpc) is 3.11. The van der Waals surface area contributed by atoms with Crippen molar-refractivity contribution in [2.75, 3.05) is 25.9 Å². The number of nitrogen functional groups attached to an aromatic ring is 1. The van der Waals surface area contributed by atoms with Gasteiger partial charge in [0.1, 0.15) is 0 Å². The molecule has 2 fully saturated rings. The molecule has 7 nitrogen and oxygen atoms in total. The quantitative estimate of drug-likeness (QED) is 0.854. The zero-order chi connectivity index (χ0) is 18.2. The van der Waals surface area contributed by atoms with E-state index in [1.165, 1.54) is 6.07 Å². The summed E-state index contributed by atoms with van der Waals surface area (Å²) in [5.41, 5.74) is 6.15. The maximum atomic E-state index is 12.9. The van der Waals surface area contributed by atoms with Crippen molar-refractivity contribution in [1.82, 2.24) is 19.8 Å². The molecule has 25 heavy (non-hydrogen) atoms. The summed E-state index contributed by atoms with van der Waals surface area (Å²) >= 11 is 0. The smallest absolute Gasteiger partial charge is 0.252 e. The molecule has 0 bridgehead atoms. The van der Waals surface area contributed by atoms with Gasteiger partial charge in [-0.1, -0.05) is 20.3 Å². The standard InChI is InChI=1S/C18H29N5O2/c1-18(2)7-4-5-14(18)16(25)23-8-6-13(11-23)22(3)10-12-9-15(24)21-17(19)20-12/h9,13-14H,4-8,10-11H2,1-3H3,(H3,19,20,21,24). The molecule has 1 aliphatic heterocycles. The van der Waals surface area contributed by atoms with Crippen molar-refractivity contribution in [3.63, 3.8) is 0 Å². The predicted molar refractivity (Wildman–Crippen MR) is 96.8 cm³/mol. The fraction of sp³-hybridized carbons (Fsp3) is 0.722. The van der Waals surface area contributed by atoms with Crippen molar-refractivity contribution in [3.05, 3.63) is 22.1 Å². The Morgan fingerprint density at radius 3 is 2.88 bits per heavy atom. The maximum absolute atomic E-state index is 12.9. The number of carbonyl (C=O) groups is 1. The Bertz CT molecular complexity index is 699. The number of nitrogens with one attached hydrogen (secondary N) is 1. The van der Waals surface area contributed by atoms with Gasteiger partial charge in [-0.2, -0.15) is 0 Å². The highest BCUT2D eigenvalue weighted by Gasteiger charge is 2.42. The molecule has 2 heterocycles. The number of hydrogen-bond acceptors (Lipinski definition) is 5. The lowest BCUT2D eigenvalue weighted by molar-refractivity contribution is -0.137. The van der Waals surface area contributed by atoms with Crippen molar-refractivity contribution in [2.45, 2.75) is 52.1 Å². The van der Waals surface area contributed by atoms with Gasteiger partial charge >= 0.3 is 0 Å². The number of likely N-dealkylation sites (N-methyl/N-ethyl adjacent to an activating group) is 1. The van der Waals surface area contributed by atoms with Crippen LogP contribution in [0, 0.1) is 11.3 Å². The molecule has 0 radical (unpaired) electrons. The molecule has 3 rings (SSSR count). The molecular weight excluding hydrogens is 318 g/mol. The van der Waals surface area contributed by atoms with Gasteiger partial charge in [0, 0.05) is 37.7 Å². The molecule has 0 aromatic carbocycles. The number of aromatic nitrogens is 2. The first-order valence-electron chi connectivity index (χ1n) is 9.11. The molecule has 1 aliphatic carbocycles. The van der Waals surface area contributed by atoms with Crippen LogP contribution in [0.1, 0.15) is 45.2 Å². The Morgan fingerprint density at radius 2 is 2.24 bits per heavy atom. The Hall–Kier alpha value is -1.89. The molecular formula is C18H29N5O2. The minimum Gasteiger partial charge on any atom is -0.369 e. The number of amides is 1. The van der Waals surface area contributed by atoms with Crippen LogP contribution in [0.25, 0.3) is 0 Å². The van der Waals surface area contributed by atoms with Crippen LogP contribution in [0.3, 0.4) is 0 Å². The number of anilines is 1. The zero-order valence-corrected chi connectivity index (χ0v) is 15.4. The topological polar surface area (TPSA) is 95.3 Å². The first-order valence-corrected chi connectivity index (χ1v) is 9.11. The van der Waals surface area contributed by atoms with E-state index in [4.69, 9.17) is 5.73 Å². The van der Waals surface area contributed by atoms with Gasteiger partial charge in [0.2, 0.25) is 11.9 Å². The van der Waals surface area contributed by atoms with Crippen LogP contribution >= 0.6 is 0 Å². The third-order valence-electron chi connectivity index (χ3n) is 5.88. The van der Waals surface area contributed by atoms with Crippen molar-refractivity contribution >= 4 is 11.9 Å². The fourth-order valence-corrected chi connectivity index (χ4v) is 4.30. The third-order valence-corrected chi connectivity index (χ3v) is 5.88. The number of likely N-dealkylation sites (tertiary alicyclic amines) is 1. The molecule has 2 atom stereocenters. The Kier molecular flexibility index (Phi) is 4.86. The van der Waals surface area contributed by atoms with Gasteiger partial charge in [-0.15, -0.1) is 0 Å². The summed E-state index contributed by atoms with van der Waals surface area (Å²) in [6, 6.07) is 1.77. The fourth-order valence-electron chi connectivity index (χ4n) is 4.30. The number of nitrogens with zero attached hydrogens (tertiary/aromatic N) is 3. The SMILES string of the molecule is CN(Cc1cc(=O)[nH]c(N)n1)C1CCN(C(=O)C2CCCC2(C)C)C1. The summed E-state index contributed by atoms with van der Waals surface area (Å²) in [4.78, 5) is 35.3. The van der Waals surface area contributed by atoms with Gasteiger partial charge in [-0.05, 0) is 31.7 Å². The monoisotopic (exact) mass is 347 g/mol. The van der Waals surface area contributed by atoms with Crippen LogP contribution < -0.4 is 11.3 Å². The number of aromatic amines is 1. The van der Waals surface area contributed by atoms with E-state index in [1.54, 1.807) is 0 Å². The highest BCUT2D eigenvalue weighted by molar-refractivity contribution is 5.80. The largest absolute Gasteiger partial charge is 0.369 e. The summed E-state index contributed by atoms with van der Waals surface area (Å²) < 4.78 is 0. The van der Waals surface area contributed by atoms with Gasteiger partial charge in [0.05, 0.1) is 5.69 Å². The lowest BCUT2D eigenvalue weighted by Crippen LogP contribution is -2.41. The van der Waals surface area contributed by atoms with E-state index < -0.39 is 0 Å². The zero-order valence-electron chi connectivity index (χ0n) is 15.4. The number of carbonyl (C=O) groups excluding carboxylic acids is 1. The van der Waals surface area contributed by atoms with Gasteiger partial charge < -0.3 is 10.6 Å². The molecule has 2 unspecified atom stereocenters. The van der Waals surface area contributed by atoms with E-state index in [0.717, 1.165) is 38.8 Å². The molecule has 1 saturated heterocycles. The lowest BCUT2D eigenvalue weighted by atomic mass is 9.81.